The summed E-state index contributed by atoms with van der Waals surface area (Å²) in [6.45, 7) is 1.16. The molecule has 0 heterocycles. The van der Waals surface area contributed by atoms with Crippen molar-refractivity contribution < 1.29 is 27.9 Å². The minimum atomic E-state index is -4.24. The molecule has 0 aliphatic heterocycles. The topological polar surface area (TPSA) is 69.6 Å². The average Bonchev–Trinajstić information content (AvgIpc) is 2.19. The highest BCUT2D eigenvalue weighted by molar-refractivity contribution is 5.79. The van der Waals surface area contributed by atoms with Crippen molar-refractivity contribution in [2.24, 2.45) is 0 Å². The Morgan fingerprint density at radius 3 is 2.35 bits per heavy atom. The highest BCUT2D eigenvalue weighted by atomic mass is 19.4. The second-order valence-corrected chi connectivity index (χ2v) is 3.36. The van der Waals surface area contributed by atoms with Crippen LogP contribution in [0.5, 0.6) is 0 Å². The Kier molecular flexibility index (Phi) is 6.37. The number of urea groups is 1. The van der Waals surface area contributed by atoms with Crippen LogP contribution in [-0.2, 0) is 4.79 Å². The highest BCUT2D eigenvalue weighted by Crippen LogP contribution is 2.20. The molecule has 8 heteroatoms. The van der Waals surface area contributed by atoms with E-state index in [2.05, 4.69) is 5.32 Å². The number of carboxylic acids is 1. The smallest absolute Gasteiger partial charge is 0.389 e. The summed E-state index contributed by atoms with van der Waals surface area (Å²) in [6.07, 6.45) is -5.44. The number of amides is 2. The molecule has 100 valence electrons. The molecule has 0 aromatic heterocycles. The number of carboxylic acid groups (broad SMARTS) is 1. The molecule has 0 aromatic carbocycles. The molecular weight excluding hydrogens is 241 g/mol. The molecule has 5 nitrogen and oxygen atoms in total. The second-order valence-electron chi connectivity index (χ2n) is 3.36. The Morgan fingerprint density at radius 1 is 1.35 bits per heavy atom. The Morgan fingerprint density at radius 2 is 1.94 bits per heavy atom. The molecule has 0 aliphatic carbocycles. The Hall–Kier alpha value is -1.47. The molecule has 0 bridgehead atoms. The summed E-state index contributed by atoms with van der Waals surface area (Å²) < 4.78 is 35.3. The van der Waals surface area contributed by atoms with Gasteiger partial charge < -0.3 is 15.3 Å². The molecule has 0 saturated heterocycles. The van der Waals surface area contributed by atoms with Crippen molar-refractivity contribution >= 4 is 12.0 Å². The van der Waals surface area contributed by atoms with Gasteiger partial charge in [0, 0.05) is 19.5 Å². The molecule has 0 unspecified atom stereocenters. The van der Waals surface area contributed by atoms with E-state index in [0.717, 1.165) is 4.90 Å². The van der Waals surface area contributed by atoms with Crippen LogP contribution in [0, 0.1) is 0 Å². The molecule has 0 rings (SSSR count). The van der Waals surface area contributed by atoms with Gasteiger partial charge >= 0.3 is 18.2 Å². The zero-order valence-electron chi connectivity index (χ0n) is 9.38. The van der Waals surface area contributed by atoms with Crippen LogP contribution in [0.1, 0.15) is 19.8 Å². The summed E-state index contributed by atoms with van der Waals surface area (Å²) in [7, 11) is 0. The van der Waals surface area contributed by atoms with Crippen LogP contribution in [0.2, 0.25) is 0 Å². The maximum absolute atomic E-state index is 11.8. The van der Waals surface area contributed by atoms with Crippen molar-refractivity contribution in [3.63, 3.8) is 0 Å². The molecule has 0 spiro atoms. The molecule has 0 fully saturated rings. The molecule has 0 radical (unpaired) electrons. The fourth-order valence-electron chi connectivity index (χ4n) is 1.09. The van der Waals surface area contributed by atoms with Gasteiger partial charge in [0.05, 0.1) is 0 Å². The van der Waals surface area contributed by atoms with Gasteiger partial charge in [0.25, 0.3) is 0 Å². The van der Waals surface area contributed by atoms with Crippen LogP contribution in [-0.4, -0.2) is 47.8 Å². The van der Waals surface area contributed by atoms with Crippen LogP contribution < -0.4 is 5.32 Å². The van der Waals surface area contributed by atoms with Crippen molar-refractivity contribution in [2.45, 2.75) is 25.9 Å². The van der Waals surface area contributed by atoms with Gasteiger partial charge in [-0.15, -0.1) is 0 Å². The normalized spacial score (nSPS) is 11.1. The van der Waals surface area contributed by atoms with E-state index in [1.54, 1.807) is 6.92 Å². The van der Waals surface area contributed by atoms with E-state index in [1.165, 1.54) is 0 Å². The van der Waals surface area contributed by atoms with Gasteiger partial charge in [-0.05, 0) is 13.3 Å². The number of carbonyl (C=O) groups excluding carboxylic acids is 1. The fourth-order valence-corrected chi connectivity index (χ4v) is 1.09. The van der Waals surface area contributed by atoms with E-state index in [-0.39, 0.29) is 19.5 Å². The summed E-state index contributed by atoms with van der Waals surface area (Å²) in [5.41, 5.74) is 0. The van der Waals surface area contributed by atoms with Crippen LogP contribution in [0.4, 0.5) is 18.0 Å². The number of nitrogens with zero attached hydrogens (tertiary/aromatic N) is 1. The Bertz CT molecular complexity index is 269. The second kappa shape index (κ2) is 6.97. The first kappa shape index (κ1) is 15.5. The molecule has 0 atom stereocenters. The van der Waals surface area contributed by atoms with E-state index >= 15 is 0 Å². The number of likely N-dealkylation sites (N-methyl/N-ethyl adjacent to an activating group) is 1. The number of nitrogens with one attached hydrogen (secondary N) is 1. The van der Waals surface area contributed by atoms with E-state index in [0.29, 0.717) is 0 Å². The van der Waals surface area contributed by atoms with E-state index in [9.17, 15) is 22.8 Å². The molecule has 17 heavy (non-hydrogen) atoms. The minimum absolute atomic E-state index is 0.130. The van der Waals surface area contributed by atoms with Crippen molar-refractivity contribution in [1.29, 1.82) is 0 Å². The van der Waals surface area contributed by atoms with Crippen LogP contribution >= 0.6 is 0 Å². The predicted molar refractivity (Wildman–Crippen MR) is 53.6 cm³/mol. The number of rotatable bonds is 6. The van der Waals surface area contributed by atoms with Gasteiger partial charge in [0.15, 0.2) is 0 Å². The van der Waals surface area contributed by atoms with Gasteiger partial charge in [-0.25, -0.2) is 4.79 Å². The number of carbonyl (C=O) groups is 2. The third-order valence-corrected chi connectivity index (χ3v) is 1.91. The lowest BCUT2D eigenvalue weighted by Crippen LogP contribution is -2.43. The first-order valence-electron chi connectivity index (χ1n) is 5.07. The van der Waals surface area contributed by atoms with Gasteiger partial charge in [-0.3, -0.25) is 4.79 Å². The number of hydrogen-bond acceptors (Lipinski definition) is 2. The average molecular weight is 256 g/mol. The molecule has 0 saturated carbocycles. The molecule has 2 N–H and O–H groups in total. The SMILES string of the molecule is CCN(CC(=O)O)C(=O)NCCCC(F)(F)F. The summed E-state index contributed by atoms with van der Waals surface area (Å²) in [4.78, 5) is 22.7. The number of alkyl halides is 3. The first-order chi connectivity index (χ1) is 7.76. The summed E-state index contributed by atoms with van der Waals surface area (Å²) >= 11 is 0. The maximum Gasteiger partial charge on any atom is 0.389 e. The fraction of sp³-hybridized carbons (Fsp3) is 0.778. The zero-order chi connectivity index (χ0) is 13.5. The third-order valence-electron chi connectivity index (χ3n) is 1.91. The monoisotopic (exact) mass is 256 g/mol. The minimum Gasteiger partial charge on any atom is -0.480 e. The number of halogens is 3. The van der Waals surface area contributed by atoms with Crippen molar-refractivity contribution in [3.8, 4) is 0 Å². The van der Waals surface area contributed by atoms with Gasteiger partial charge in [0.1, 0.15) is 6.54 Å². The summed E-state index contributed by atoms with van der Waals surface area (Å²) in [5, 5.41) is 10.7. The predicted octanol–water partition coefficient (Wildman–Crippen LogP) is 1.44. The summed E-state index contributed by atoms with van der Waals surface area (Å²) in [5.74, 6) is -1.17. The third kappa shape index (κ3) is 8.35. The van der Waals surface area contributed by atoms with Crippen molar-refractivity contribution in [1.82, 2.24) is 10.2 Å². The van der Waals surface area contributed by atoms with Crippen molar-refractivity contribution in [3.05, 3.63) is 0 Å². The lowest BCUT2D eigenvalue weighted by Gasteiger charge is -2.19. The van der Waals surface area contributed by atoms with E-state index in [1.807, 2.05) is 0 Å². The molecule has 0 aromatic rings. The van der Waals surface area contributed by atoms with Crippen LogP contribution in [0.15, 0.2) is 0 Å². The molecular formula is C9H15F3N2O3. The first-order valence-corrected chi connectivity index (χ1v) is 5.07. The zero-order valence-corrected chi connectivity index (χ0v) is 9.38. The van der Waals surface area contributed by atoms with Crippen molar-refractivity contribution in [2.75, 3.05) is 19.6 Å². The highest BCUT2D eigenvalue weighted by Gasteiger charge is 2.26. The van der Waals surface area contributed by atoms with Crippen LogP contribution in [0.3, 0.4) is 0 Å². The summed E-state index contributed by atoms with van der Waals surface area (Å²) in [6, 6.07) is -0.669. The lowest BCUT2D eigenvalue weighted by molar-refractivity contribution is -0.137. The quantitative estimate of drug-likeness (QED) is 0.706. The largest absolute Gasteiger partial charge is 0.480 e. The van der Waals surface area contributed by atoms with Gasteiger partial charge in [-0.1, -0.05) is 0 Å². The standard InChI is InChI=1S/C9H15F3N2O3/c1-2-14(6-7(15)16)8(17)13-5-3-4-9(10,11)12/h2-6H2,1H3,(H,13,17)(H,15,16). The Labute approximate surface area is 96.6 Å². The van der Waals surface area contributed by atoms with Crippen LogP contribution in [0.25, 0.3) is 0 Å². The Balaban J connectivity index is 3.87. The van der Waals surface area contributed by atoms with E-state index < -0.39 is 31.1 Å². The lowest BCUT2D eigenvalue weighted by atomic mass is 10.3. The van der Waals surface area contributed by atoms with Gasteiger partial charge in [-0.2, -0.15) is 13.2 Å². The molecule has 2 amide bonds. The van der Waals surface area contributed by atoms with E-state index in [4.69, 9.17) is 5.11 Å². The molecule has 0 aliphatic rings. The number of hydrogen-bond donors (Lipinski definition) is 2. The van der Waals surface area contributed by atoms with Gasteiger partial charge in [0.2, 0.25) is 0 Å². The maximum atomic E-state index is 11.8. The number of aliphatic carboxylic acids is 1.